The van der Waals surface area contributed by atoms with E-state index in [2.05, 4.69) is 4.72 Å². The molecule has 1 amide bonds. The SMILES string of the molecule is CCCC(NS(=O)(=O)c1ccc2c(c1)N(C(C)=O)CC2)C(=O)O. The zero-order valence-electron chi connectivity index (χ0n) is 13.1. The largest absolute Gasteiger partial charge is 0.480 e. The second kappa shape index (κ2) is 6.67. The second-order valence-corrected chi connectivity index (χ2v) is 7.23. The molecule has 1 aliphatic heterocycles. The van der Waals surface area contributed by atoms with Crippen molar-refractivity contribution < 1.29 is 23.1 Å². The van der Waals surface area contributed by atoms with E-state index >= 15 is 0 Å². The van der Waals surface area contributed by atoms with Gasteiger partial charge in [0.25, 0.3) is 0 Å². The molecule has 0 spiro atoms. The van der Waals surface area contributed by atoms with Crippen molar-refractivity contribution in [3.63, 3.8) is 0 Å². The standard InChI is InChI=1S/C15H20N2O5S/c1-3-4-13(15(19)20)16-23(21,22)12-6-5-11-7-8-17(10(2)18)14(11)9-12/h5-6,9,13,16H,3-4,7-8H2,1-2H3,(H,19,20). The Morgan fingerprint density at radius 1 is 1.39 bits per heavy atom. The van der Waals surface area contributed by atoms with Crippen LogP contribution in [-0.4, -0.2) is 38.0 Å². The van der Waals surface area contributed by atoms with Crippen LogP contribution in [0.4, 0.5) is 5.69 Å². The highest BCUT2D eigenvalue weighted by molar-refractivity contribution is 7.89. The van der Waals surface area contributed by atoms with Crippen LogP contribution in [0.15, 0.2) is 23.1 Å². The van der Waals surface area contributed by atoms with E-state index in [-0.39, 0.29) is 17.2 Å². The molecule has 1 aliphatic rings. The molecule has 0 aliphatic carbocycles. The Balaban J connectivity index is 2.32. The fourth-order valence-electron chi connectivity index (χ4n) is 2.63. The number of carbonyl (C=O) groups is 2. The number of hydrogen-bond acceptors (Lipinski definition) is 4. The number of nitrogens with zero attached hydrogens (tertiary/aromatic N) is 1. The van der Waals surface area contributed by atoms with Gasteiger partial charge in [-0.1, -0.05) is 19.4 Å². The number of carboxylic acid groups (broad SMARTS) is 1. The van der Waals surface area contributed by atoms with Gasteiger partial charge in [-0.2, -0.15) is 4.72 Å². The molecular formula is C15H20N2O5S. The maximum absolute atomic E-state index is 12.4. The first kappa shape index (κ1) is 17.4. The van der Waals surface area contributed by atoms with Gasteiger partial charge >= 0.3 is 5.97 Å². The molecule has 0 radical (unpaired) electrons. The first-order valence-electron chi connectivity index (χ1n) is 7.42. The predicted octanol–water partition coefficient (Wildman–Crippen LogP) is 1.13. The maximum atomic E-state index is 12.4. The minimum atomic E-state index is -3.97. The number of amides is 1. The molecule has 1 heterocycles. The molecule has 1 aromatic rings. The summed E-state index contributed by atoms with van der Waals surface area (Å²) in [5, 5.41) is 9.10. The molecule has 23 heavy (non-hydrogen) atoms. The number of carboxylic acids is 1. The van der Waals surface area contributed by atoms with E-state index in [1.807, 2.05) is 0 Å². The highest BCUT2D eigenvalue weighted by atomic mass is 32.2. The summed E-state index contributed by atoms with van der Waals surface area (Å²) in [4.78, 5) is 24.2. The number of carbonyl (C=O) groups excluding carboxylic acids is 1. The van der Waals surface area contributed by atoms with Crippen molar-refractivity contribution in [2.75, 3.05) is 11.4 Å². The second-order valence-electron chi connectivity index (χ2n) is 5.51. The molecule has 2 rings (SSSR count). The summed E-state index contributed by atoms with van der Waals surface area (Å²) in [6.07, 6.45) is 1.43. The quantitative estimate of drug-likeness (QED) is 0.808. The van der Waals surface area contributed by atoms with Gasteiger partial charge in [0.2, 0.25) is 15.9 Å². The van der Waals surface area contributed by atoms with Crippen molar-refractivity contribution in [2.45, 2.75) is 44.0 Å². The monoisotopic (exact) mass is 340 g/mol. The summed E-state index contributed by atoms with van der Waals surface area (Å²) in [7, 11) is -3.97. The van der Waals surface area contributed by atoms with E-state index in [9.17, 15) is 18.0 Å². The van der Waals surface area contributed by atoms with Crippen molar-refractivity contribution in [3.05, 3.63) is 23.8 Å². The fraction of sp³-hybridized carbons (Fsp3) is 0.467. The summed E-state index contributed by atoms with van der Waals surface area (Å²) < 4.78 is 27.1. The van der Waals surface area contributed by atoms with E-state index in [4.69, 9.17) is 5.11 Å². The van der Waals surface area contributed by atoms with E-state index in [0.717, 1.165) is 5.56 Å². The van der Waals surface area contributed by atoms with Gasteiger partial charge in [-0.15, -0.1) is 0 Å². The highest BCUT2D eigenvalue weighted by Gasteiger charge is 2.28. The molecule has 0 saturated carbocycles. The molecule has 126 valence electrons. The van der Waals surface area contributed by atoms with Crippen molar-refractivity contribution in [3.8, 4) is 0 Å². The van der Waals surface area contributed by atoms with Crippen LogP contribution in [0.3, 0.4) is 0 Å². The number of hydrogen-bond donors (Lipinski definition) is 2. The van der Waals surface area contributed by atoms with Gasteiger partial charge < -0.3 is 10.0 Å². The molecule has 8 heteroatoms. The first-order chi connectivity index (χ1) is 10.8. The summed E-state index contributed by atoms with van der Waals surface area (Å²) in [6, 6.07) is 3.37. The molecule has 7 nitrogen and oxygen atoms in total. The summed E-state index contributed by atoms with van der Waals surface area (Å²) in [5.41, 5.74) is 1.48. The van der Waals surface area contributed by atoms with E-state index in [0.29, 0.717) is 25.1 Å². The molecule has 1 atom stereocenters. The van der Waals surface area contributed by atoms with Crippen LogP contribution in [0, 0.1) is 0 Å². The molecule has 0 aromatic heterocycles. The van der Waals surface area contributed by atoms with Gasteiger partial charge in [0.1, 0.15) is 6.04 Å². The molecule has 0 bridgehead atoms. The average molecular weight is 340 g/mol. The summed E-state index contributed by atoms with van der Waals surface area (Å²) in [5.74, 6) is -1.36. The number of benzene rings is 1. The van der Waals surface area contributed by atoms with E-state index in [1.54, 1.807) is 13.0 Å². The smallest absolute Gasteiger partial charge is 0.321 e. The van der Waals surface area contributed by atoms with Crippen LogP contribution in [0.1, 0.15) is 32.3 Å². The Bertz CT molecular complexity index is 729. The molecule has 1 aromatic carbocycles. The van der Waals surface area contributed by atoms with E-state index < -0.39 is 22.0 Å². The van der Waals surface area contributed by atoms with Crippen LogP contribution in [0.2, 0.25) is 0 Å². The Morgan fingerprint density at radius 2 is 2.09 bits per heavy atom. The van der Waals surface area contributed by atoms with Crippen molar-refractivity contribution in [2.24, 2.45) is 0 Å². The minimum absolute atomic E-state index is 0.0354. The van der Waals surface area contributed by atoms with Crippen LogP contribution in [0.5, 0.6) is 0 Å². The van der Waals surface area contributed by atoms with Gasteiger partial charge in [0, 0.05) is 19.2 Å². The lowest BCUT2D eigenvalue weighted by molar-refractivity contribution is -0.139. The van der Waals surface area contributed by atoms with Gasteiger partial charge in [-0.05, 0) is 30.5 Å². The van der Waals surface area contributed by atoms with Crippen LogP contribution < -0.4 is 9.62 Å². The van der Waals surface area contributed by atoms with Crippen molar-refractivity contribution in [1.82, 2.24) is 4.72 Å². The zero-order valence-corrected chi connectivity index (χ0v) is 13.9. The minimum Gasteiger partial charge on any atom is -0.480 e. The van der Waals surface area contributed by atoms with Gasteiger partial charge in [0.05, 0.1) is 4.90 Å². The number of aliphatic carboxylic acids is 1. The lowest BCUT2D eigenvalue weighted by atomic mass is 10.2. The highest BCUT2D eigenvalue weighted by Crippen LogP contribution is 2.30. The third-order valence-corrected chi connectivity index (χ3v) is 5.28. The number of sulfonamides is 1. The number of nitrogens with one attached hydrogen (secondary N) is 1. The lowest BCUT2D eigenvalue weighted by Gasteiger charge is -2.17. The predicted molar refractivity (Wildman–Crippen MR) is 84.8 cm³/mol. The molecular weight excluding hydrogens is 320 g/mol. The Morgan fingerprint density at radius 3 is 2.65 bits per heavy atom. The van der Waals surface area contributed by atoms with E-state index in [1.165, 1.54) is 24.0 Å². The Hall–Kier alpha value is -1.93. The molecule has 0 saturated heterocycles. The third-order valence-electron chi connectivity index (χ3n) is 3.82. The lowest BCUT2D eigenvalue weighted by Crippen LogP contribution is -2.40. The molecule has 2 N–H and O–H groups in total. The van der Waals surface area contributed by atoms with Gasteiger partial charge in [-0.25, -0.2) is 8.42 Å². The van der Waals surface area contributed by atoms with Crippen LogP contribution >= 0.6 is 0 Å². The topological polar surface area (TPSA) is 104 Å². The Labute approximate surface area is 135 Å². The number of anilines is 1. The zero-order chi connectivity index (χ0) is 17.2. The first-order valence-corrected chi connectivity index (χ1v) is 8.90. The summed E-state index contributed by atoms with van der Waals surface area (Å²) in [6.45, 7) is 3.73. The fourth-order valence-corrected chi connectivity index (χ4v) is 3.87. The third kappa shape index (κ3) is 3.70. The van der Waals surface area contributed by atoms with Crippen molar-refractivity contribution >= 4 is 27.6 Å². The normalized spacial score (nSPS) is 15.3. The van der Waals surface area contributed by atoms with Gasteiger partial charge in [-0.3, -0.25) is 9.59 Å². The van der Waals surface area contributed by atoms with Crippen LogP contribution in [-0.2, 0) is 26.0 Å². The molecule has 1 unspecified atom stereocenters. The van der Waals surface area contributed by atoms with Gasteiger partial charge in [0.15, 0.2) is 0 Å². The summed E-state index contributed by atoms with van der Waals surface area (Å²) >= 11 is 0. The average Bonchev–Trinajstić information content (AvgIpc) is 2.89. The maximum Gasteiger partial charge on any atom is 0.321 e. The molecule has 0 fully saturated rings. The van der Waals surface area contributed by atoms with Crippen LogP contribution in [0.25, 0.3) is 0 Å². The van der Waals surface area contributed by atoms with Crippen molar-refractivity contribution in [1.29, 1.82) is 0 Å². The number of fused-ring (bicyclic) bond motifs is 1. The Kier molecular flexibility index (Phi) is 5.06. The number of rotatable bonds is 6.